The minimum atomic E-state index is -0.189. The van der Waals surface area contributed by atoms with Crippen LogP contribution in [0.15, 0.2) is 84.9 Å². The number of fused-ring (bicyclic) bond motifs is 3. The van der Waals surface area contributed by atoms with E-state index in [4.69, 9.17) is 9.72 Å². The molecule has 7 rings (SSSR count). The van der Waals surface area contributed by atoms with E-state index in [-0.39, 0.29) is 11.5 Å². The molecule has 1 unspecified atom stereocenters. The van der Waals surface area contributed by atoms with Crippen molar-refractivity contribution in [1.29, 1.82) is 0 Å². The standard InChI is InChI=1S/C37H44N4O2/c1-28-38-34-15-8-9-16-35(34)41(28)33-25-31-17-18-32(26-33)40(31)22-10-19-37(30-13-6-3-7-14-30)20-23-39(24-21-37)36(42)43-27-29-11-4-2-5-12-29/h2-9,11-16,31-33H,10,17-27H2,1H3/t31-,32+,33?. The number of aromatic nitrogens is 2. The van der Waals surface area contributed by atoms with Gasteiger partial charge in [-0.1, -0.05) is 72.8 Å². The van der Waals surface area contributed by atoms with Gasteiger partial charge in [0.1, 0.15) is 12.4 Å². The third kappa shape index (κ3) is 5.70. The summed E-state index contributed by atoms with van der Waals surface area (Å²) in [6, 6.07) is 31.5. The van der Waals surface area contributed by atoms with E-state index in [9.17, 15) is 4.79 Å². The van der Waals surface area contributed by atoms with Crippen LogP contribution in [0.5, 0.6) is 0 Å². The molecule has 3 saturated heterocycles. The van der Waals surface area contributed by atoms with Crippen LogP contribution in [0.1, 0.15) is 74.4 Å². The second-order valence-corrected chi connectivity index (χ2v) is 13.0. The average Bonchev–Trinajstić information content (AvgIpc) is 3.51. The minimum absolute atomic E-state index is 0.113. The first-order valence-electron chi connectivity index (χ1n) is 16.3. The number of nitrogens with zero attached hydrogens (tertiary/aromatic N) is 4. The summed E-state index contributed by atoms with van der Waals surface area (Å²) in [5.74, 6) is 1.15. The highest BCUT2D eigenvalue weighted by atomic mass is 16.6. The zero-order valence-corrected chi connectivity index (χ0v) is 25.4. The molecule has 3 aliphatic heterocycles. The van der Waals surface area contributed by atoms with Crippen molar-refractivity contribution in [2.45, 2.75) is 88.4 Å². The highest BCUT2D eigenvalue weighted by molar-refractivity contribution is 5.76. The molecule has 3 aromatic carbocycles. The molecule has 3 aliphatic rings. The Morgan fingerprint density at radius 3 is 2.23 bits per heavy atom. The van der Waals surface area contributed by atoms with E-state index < -0.39 is 0 Å². The number of imidazole rings is 1. The molecule has 6 nitrogen and oxygen atoms in total. The molecule has 0 saturated carbocycles. The zero-order chi connectivity index (χ0) is 29.2. The predicted octanol–water partition coefficient (Wildman–Crippen LogP) is 7.66. The summed E-state index contributed by atoms with van der Waals surface area (Å²) in [4.78, 5) is 22.5. The van der Waals surface area contributed by atoms with Crippen LogP contribution >= 0.6 is 0 Å². The van der Waals surface area contributed by atoms with Crippen molar-refractivity contribution in [1.82, 2.24) is 19.4 Å². The number of carbonyl (C=O) groups excluding carboxylic acids is 1. The summed E-state index contributed by atoms with van der Waals surface area (Å²) in [6.07, 6.45) is 9.22. The molecule has 0 N–H and O–H groups in total. The van der Waals surface area contributed by atoms with Gasteiger partial charge in [0.05, 0.1) is 11.0 Å². The van der Waals surface area contributed by atoms with Crippen molar-refractivity contribution in [3.05, 3.63) is 102 Å². The van der Waals surface area contributed by atoms with E-state index in [2.05, 4.69) is 71.0 Å². The fourth-order valence-corrected chi connectivity index (χ4v) is 8.45. The van der Waals surface area contributed by atoms with E-state index in [0.717, 1.165) is 49.3 Å². The fraction of sp³-hybridized carbons (Fsp3) is 0.459. The number of rotatable bonds is 8. The van der Waals surface area contributed by atoms with Crippen molar-refractivity contribution in [3.63, 3.8) is 0 Å². The lowest BCUT2D eigenvalue weighted by atomic mass is 9.70. The number of piperidine rings is 2. The van der Waals surface area contributed by atoms with E-state index in [0.29, 0.717) is 24.7 Å². The summed E-state index contributed by atoms with van der Waals surface area (Å²) in [5, 5.41) is 0. The quantitative estimate of drug-likeness (QED) is 0.216. The highest BCUT2D eigenvalue weighted by Crippen LogP contribution is 2.44. The van der Waals surface area contributed by atoms with Gasteiger partial charge < -0.3 is 14.2 Å². The van der Waals surface area contributed by atoms with Gasteiger partial charge in [0.25, 0.3) is 0 Å². The van der Waals surface area contributed by atoms with Gasteiger partial charge in [0, 0.05) is 31.2 Å². The first-order chi connectivity index (χ1) is 21.1. The van der Waals surface area contributed by atoms with Crippen molar-refractivity contribution in [3.8, 4) is 0 Å². The van der Waals surface area contributed by atoms with Crippen LogP contribution in [0, 0.1) is 6.92 Å². The molecule has 43 heavy (non-hydrogen) atoms. The van der Waals surface area contributed by atoms with Gasteiger partial charge in [-0.15, -0.1) is 0 Å². The van der Waals surface area contributed by atoms with Crippen LogP contribution in [0.2, 0.25) is 0 Å². The first-order valence-corrected chi connectivity index (χ1v) is 16.3. The molecule has 3 atom stereocenters. The van der Waals surface area contributed by atoms with E-state index in [1.54, 1.807) is 0 Å². The number of benzene rings is 3. The number of aryl methyl sites for hydroxylation is 1. The van der Waals surface area contributed by atoms with Crippen LogP contribution in [0.3, 0.4) is 0 Å². The molecule has 6 heteroatoms. The Balaban J connectivity index is 0.977. The molecule has 0 radical (unpaired) electrons. The molecular weight excluding hydrogens is 532 g/mol. The number of carbonyl (C=O) groups is 1. The van der Waals surface area contributed by atoms with Gasteiger partial charge in [0.15, 0.2) is 0 Å². The zero-order valence-electron chi connectivity index (χ0n) is 25.4. The Bertz CT molecular complexity index is 1510. The molecule has 3 fully saturated rings. The Morgan fingerprint density at radius 1 is 0.860 bits per heavy atom. The summed E-state index contributed by atoms with van der Waals surface area (Å²) < 4.78 is 8.20. The molecule has 1 amide bonds. The molecular formula is C37H44N4O2. The number of hydrogen-bond acceptors (Lipinski definition) is 4. The number of hydrogen-bond donors (Lipinski definition) is 0. The number of likely N-dealkylation sites (tertiary alicyclic amines) is 1. The van der Waals surface area contributed by atoms with Gasteiger partial charge in [-0.25, -0.2) is 9.78 Å². The van der Waals surface area contributed by atoms with Crippen molar-refractivity contribution in [2.24, 2.45) is 0 Å². The Labute approximate surface area is 255 Å². The Hall–Kier alpha value is -3.64. The van der Waals surface area contributed by atoms with Crippen molar-refractivity contribution in [2.75, 3.05) is 19.6 Å². The maximum absolute atomic E-state index is 12.9. The molecule has 4 aromatic rings. The number of ether oxygens (including phenoxy) is 1. The Morgan fingerprint density at radius 2 is 1.51 bits per heavy atom. The number of para-hydroxylation sites is 2. The van der Waals surface area contributed by atoms with Gasteiger partial charge in [-0.05, 0) is 93.5 Å². The largest absolute Gasteiger partial charge is 0.445 e. The van der Waals surface area contributed by atoms with Crippen molar-refractivity contribution >= 4 is 17.1 Å². The molecule has 4 heterocycles. The maximum Gasteiger partial charge on any atom is 0.410 e. The van der Waals surface area contributed by atoms with Crippen LogP contribution < -0.4 is 0 Å². The SMILES string of the molecule is Cc1nc2ccccc2n1C1C[C@H]2CC[C@@H](C1)N2CCCC1(c2ccccc2)CCN(C(=O)OCc2ccccc2)CC1. The monoisotopic (exact) mass is 576 g/mol. The molecule has 0 aliphatic carbocycles. The second-order valence-electron chi connectivity index (χ2n) is 13.0. The van der Waals surface area contributed by atoms with Crippen molar-refractivity contribution < 1.29 is 9.53 Å². The highest BCUT2D eigenvalue weighted by Gasteiger charge is 2.42. The summed E-state index contributed by atoms with van der Waals surface area (Å²) in [7, 11) is 0. The third-order valence-corrected chi connectivity index (χ3v) is 10.6. The van der Waals surface area contributed by atoms with E-state index in [1.165, 1.54) is 49.7 Å². The molecule has 1 aromatic heterocycles. The predicted molar refractivity (Wildman–Crippen MR) is 171 cm³/mol. The summed E-state index contributed by atoms with van der Waals surface area (Å²) in [6.45, 7) is 5.17. The van der Waals surface area contributed by atoms with Crippen LogP contribution in [0.25, 0.3) is 11.0 Å². The lowest BCUT2D eigenvalue weighted by Gasteiger charge is -2.43. The number of amides is 1. The van der Waals surface area contributed by atoms with Gasteiger partial charge in [0.2, 0.25) is 0 Å². The third-order valence-electron chi connectivity index (χ3n) is 10.6. The molecule has 224 valence electrons. The molecule has 2 bridgehead atoms. The summed E-state index contributed by atoms with van der Waals surface area (Å²) in [5.41, 5.74) is 4.98. The smallest absolute Gasteiger partial charge is 0.410 e. The van der Waals surface area contributed by atoms with E-state index >= 15 is 0 Å². The molecule has 0 spiro atoms. The van der Waals surface area contributed by atoms with E-state index in [1.807, 2.05) is 35.2 Å². The van der Waals surface area contributed by atoms with Crippen LogP contribution in [-0.2, 0) is 16.8 Å². The minimum Gasteiger partial charge on any atom is -0.445 e. The first kappa shape index (κ1) is 28.1. The normalized spacial score (nSPS) is 23.5. The van der Waals surface area contributed by atoms with Gasteiger partial charge >= 0.3 is 6.09 Å². The lowest BCUT2D eigenvalue weighted by Crippen LogP contribution is -2.46. The maximum atomic E-state index is 12.9. The fourth-order valence-electron chi connectivity index (χ4n) is 8.45. The van der Waals surface area contributed by atoms with Gasteiger partial charge in [-0.3, -0.25) is 4.90 Å². The average molecular weight is 577 g/mol. The Kier molecular flexibility index (Phi) is 7.96. The van der Waals surface area contributed by atoms with Crippen LogP contribution in [-0.4, -0.2) is 57.2 Å². The lowest BCUT2D eigenvalue weighted by molar-refractivity contribution is 0.0720. The van der Waals surface area contributed by atoms with Crippen LogP contribution in [0.4, 0.5) is 4.79 Å². The summed E-state index contributed by atoms with van der Waals surface area (Å²) >= 11 is 0. The van der Waals surface area contributed by atoms with Gasteiger partial charge in [-0.2, -0.15) is 0 Å². The second kappa shape index (κ2) is 12.2. The topological polar surface area (TPSA) is 50.6 Å².